The molecule has 3 N–H and O–H groups in total. The second kappa shape index (κ2) is 3.70. The van der Waals surface area contributed by atoms with E-state index in [0.717, 1.165) is 30.0 Å². The first kappa shape index (κ1) is 11.0. The Bertz CT molecular complexity index is 639. The Labute approximate surface area is 105 Å². The second-order valence-corrected chi connectivity index (χ2v) is 4.94. The molecule has 92 valence electrons. The molecular formula is C14H15N3O. The predicted molar refractivity (Wildman–Crippen MR) is 70.5 cm³/mol. The average molecular weight is 241 g/mol. The number of anilines is 1. The highest BCUT2D eigenvalue weighted by molar-refractivity contribution is 5.46. The highest BCUT2D eigenvalue weighted by Gasteiger charge is 2.48. The number of nitrogens with zero attached hydrogens (tertiary/aromatic N) is 1. The van der Waals surface area contributed by atoms with Gasteiger partial charge in [-0.25, -0.2) is 4.98 Å². The van der Waals surface area contributed by atoms with E-state index < -0.39 is 0 Å². The fraction of sp³-hybridized carbons (Fsp3) is 0.286. The van der Waals surface area contributed by atoms with E-state index in [9.17, 15) is 4.79 Å². The zero-order chi connectivity index (χ0) is 12.8. The van der Waals surface area contributed by atoms with Crippen LogP contribution in [0.1, 0.15) is 29.9 Å². The minimum absolute atomic E-state index is 0.0841. The molecule has 0 amide bonds. The van der Waals surface area contributed by atoms with Crippen LogP contribution in [0.2, 0.25) is 0 Å². The SMILES string of the molecule is Cc1cc(=O)[nH]c(C2(c3ccc(N)cc3)CC2)n1. The van der Waals surface area contributed by atoms with Gasteiger partial charge in [-0.15, -0.1) is 0 Å². The molecule has 1 heterocycles. The van der Waals surface area contributed by atoms with Crippen LogP contribution >= 0.6 is 0 Å². The van der Waals surface area contributed by atoms with Crippen molar-refractivity contribution in [2.75, 3.05) is 5.73 Å². The Kier molecular flexibility index (Phi) is 2.26. The van der Waals surface area contributed by atoms with Crippen molar-refractivity contribution in [1.29, 1.82) is 0 Å². The van der Waals surface area contributed by atoms with Crippen LogP contribution in [0.25, 0.3) is 0 Å². The molecule has 1 aromatic carbocycles. The van der Waals surface area contributed by atoms with Crippen LogP contribution < -0.4 is 11.3 Å². The minimum atomic E-state index is -0.112. The van der Waals surface area contributed by atoms with Gasteiger partial charge in [0.05, 0.1) is 5.41 Å². The smallest absolute Gasteiger partial charge is 0.251 e. The van der Waals surface area contributed by atoms with Gasteiger partial charge in [-0.3, -0.25) is 4.79 Å². The molecule has 1 saturated carbocycles. The molecule has 1 aliphatic rings. The molecule has 1 fully saturated rings. The molecule has 0 aliphatic heterocycles. The molecule has 0 radical (unpaired) electrons. The number of nitrogens with two attached hydrogens (primary N) is 1. The predicted octanol–water partition coefficient (Wildman–Crippen LogP) is 1.74. The molecule has 4 nitrogen and oxygen atoms in total. The van der Waals surface area contributed by atoms with Gasteiger partial charge in [-0.2, -0.15) is 0 Å². The van der Waals surface area contributed by atoms with Gasteiger partial charge in [0.2, 0.25) is 0 Å². The lowest BCUT2D eigenvalue weighted by molar-refractivity contribution is 0.740. The van der Waals surface area contributed by atoms with Gasteiger partial charge in [0.15, 0.2) is 0 Å². The molecule has 1 aromatic heterocycles. The molecule has 1 aliphatic carbocycles. The summed E-state index contributed by atoms with van der Waals surface area (Å²) in [7, 11) is 0. The third kappa shape index (κ3) is 1.70. The first-order chi connectivity index (χ1) is 8.60. The van der Waals surface area contributed by atoms with Crippen molar-refractivity contribution in [2.24, 2.45) is 0 Å². The molecule has 0 unspecified atom stereocenters. The van der Waals surface area contributed by atoms with E-state index in [2.05, 4.69) is 9.97 Å². The number of aryl methyl sites for hydroxylation is 1. The second-order valence-electron chi connectivity index (χ2n) is 4.94. The van der Waals surface area contributed by atoms with E-state index in [1.54, 1.807) is 0 Å². The zero-order valence-corrected chi connectivity index (χ0v) is 10.2. The Morgan fingerprint density at radius 1 is 1.28 bits per heavy atom. The molecule has 0 bridgehead atoms. The highest BCUT2D eigenvalue weighted by Crippen LogP contribution is 2.51. The number of benzene rings is 1. The third-order valence-corrected chi connectivity index (χ3v) is 3.54. The van der Waals surface area contributed by atoms with Crippen LogP contribution in [0, 0.1) is 6.92 Å². The van der Waals surface area contributed by atoms with Crippen molar-refractivity contribution in [2.45, 2.75) is 25.2 Å². The van der Waals surface area contributed by atoms with Crippen LogP contribution in [0.5, 0.6) is 0 Å². The Morgan fingerprint density at radius 3 is 2.50 bits per heavy atom. The van der Waals surface area contributed by atoms with Crippen LogP contribution in [0.3, 0.4) is 0 Å². The molecule has 0 saturated heterocycles. The first-order valence-electron chi connectivity index (χ1n) is 6.05. The lowest BCUT2D eigenvalue weighted by Crippen LogP contribution is -2.20. The number of hydrogen-bond donors (Lipinski definition) is 2. The van der Waals surface area contributed by atoms with E-state index in [1.807, 2.05) is 31.2 Å². The maximum atomic E-state index is 11.6. The van der Waals surface area contributed by atoms with Gasteiger partial charge in [0.25, 0.3) is 5.56 Å². The largest absolute Gasteiger partial charge is 0.399 e. The number of H-pyrrole nitrogens is 1. The Balaban J connectivity index is 2.10. The summed E-state index contributed by atoms with van der Waals surface area (Å²) in [4.78, 5) is 18.9. The van der Waals surface area contributed by atoms with Crippen LogP contribution in [-0.2, 0) is 5.41 Å². The summed E-state index contributed by atoms with van der Waals surface area (Å²) in [5, 5.41) is 0. The summed E-state index contributed by atoms with van der Waals surface area (Å²) >= 11 is 0. The van der Waals surface area contributed by atoms with Crippen LogP contribution in [-0.4, -0.2) is 9.97 Å². The maximum absolute atomic E-state index is 11.6. The monoisotopic (exact) mass is 241 g/mol. The third-order valence-electron chi connectivity index (χ3n) is 3.54. The molecule has 2 aromatic rings. The number of hydrogen-bond acceptors (Lipinski definition) is 3. The van der Waals surface area contributed by atoms with E-state index in [-0.39, 0.29) is 11.0 Å². The van der Waals surface area contributed by atoms with E-state index in [4.69, 9.17) is 5.73 Å². The molecule has 0 spiro atoms. The molecule has 0 atom stereocenters. The number of nitrogens with one attached hydrogen (secondary N) is 1. The summed E-state index contributed by atoms with van der Waals surface area (Å²) in [5.41, 5.74) is 8.19. The lowest BCUT2D eigenvalue weighted by atomic mass is 9.94. The van der Waals surface area contributed by atoms with Crippen LogP contribution in [0.15, 0.2) is 35.1 Å². The topological polar surface area (TPSA) is 71.8 Å². The van der Waals surface area contributed by atoms with Gasteiger partial charge in [-0.1, -0.05) is 12.1 Å². The summed E-state index contributed by atoms with van der Waals surface area (Å²) < 4.78 is 0. The summed E-state index contributed by atoms with van der Waals surface area (Å²) in [5.74, 6) is 0.775. The van der Waals surface area contributed by atoms with Crippen molar-refractivity contribution in [1.82, 2.24) is 9.97 Å². The fourth-order valence-corrected chi connectivity index (χ4v) is 2.40. The number of rotatable bonds is 2. The van der Waals surface area contributed by atoms with Gasteiger partial charge < -0.3 is 10.7 Å². The maximum Gasteiger partial charge on any atom is 0.251 e. The normalized spacial score (nSPS) is 16.5. The van der Waals surface area contributed by atoms with Crippen molar-refractivity contribution >= 4 is 5.69 Å². The van der Waals surface area contributed by atoms with E-state index >= 15 is 0 Å². The minimum Gasteiger partial charge on any atom is -0.399 e. The van der Waals surface area contributed by atoms with Crippen LogP contribution in [0.4, 0.5) is 5.69 Å². The lowest BCUT2D eigenvalue weighted by Gasteiger charge is -2.15. The summed E-state index contributed by atoms with van der Waals surface area (Å²) in [6.45, 7) is 1.85. The number of nitrogen functional groups attached to an aromatic ring is 1. The van der Waals surface area contributed by atoms with Gasteiger partial charge in [-0.05, 0) is 37.5 Å². The standard InChI is InChI=1S/C14H15N3O/c1-9-8-12(18)17-13(16-9)14(6-7-14)10-2-4-11(15)5-3-10/h2-5,8H,6-7,15H2,1H3,(H,16,17,18). The van der Waals surface area contributed by atoms with E-state index in [0.29, 0.717) is 0 Å². The Morgan fingerprint density at radius 2 is 1.94 bits per heavy atom. The molecule has 4 heteroatoms. The zero-order valence-electron chi connectivity index (χ0n) is 10.2. The molecule has 18 heavy (non-hydrogen) atoms. The fourth-order valence-electron chi connectivity index (χ4n) is 2.40. The van der Waals surface area contributed by atoms with Gasteiger partial charge in [0.1, 0.15) is 5.82 Å². The molecule has 3 rings (SSSR count). The number of aromatic amines is 1. The number of aromatic nitrogens is 2. The van der Waals surface area contributed by atoms with Crippen molar-refractivity contribution in [3.8, 4) is 0 Å². The van der Waals surface area contributed by atoms with Gasteiger partial charge >= 0.3 is 0 Å². The van der Waals surface area contributed by atoms with E-state index in [1.165, 1.54) is 11.6 Å². The summed E-state index contributed by atoms with van der Waals surface area (Å²) in [6, 6.07) is 9.34. The van der Waals surface area contributed by atoms with Gasteiger partial charge in [0, 0.05) is 17.4 Å². The summed E-state index contributed by atoms with van der Waals surface area (Å²) in [6.07, 6.45) is 2.03. The average Bonchev–Trinajstić information content (AvgIpc) is 3.10. The quantitative estimate of drug-likeness (QED) is 0.787. The Hall–Kier alpha value is -2.10. The van der Waals surface area contributed by atoms with Crippen molar-refractivity contribution in [3.63, 3.8) is 0 Å². The van der Waals surface area contributed by atoms with Crippen molar-refractivity contribution < 1.29 is 0 Å². The van der Waals surface area contributed by atoms with Crippen molar-refractivity contribution in [3.05, 3.63) is 57.8 Å². The highest BCUT2D eigenvalue weighted by atomic mass is 16.1. The first-order valence-corrected chi connectivity index (χ1v) is 6.05. The molecular weight excluding hydrogens is 226 g/mol.